The first-order chi connectivity index (χ1) is 11.1. The van der Waals surface area contributed by atoms with E-state index in [0.29, 0.717) is 13.2 Å². The van der Waals surface area contributed by atoms with Gasteiger partial charge in [0.25, 0.3) is 0 Å². The second kappa shape index (κ2) is 7.01. The molecule has 0 saturated carbocycles. The fraction of sp³-hybridized carbons (Fsp3) is 0.556. The van der Waals surface area contributed by atoms with Crippen molar-refractivity contribution >= 4 is 0 Å². The monoisotopic (exact) mass is 320 g/mol. The third-order valence-electron chi connectivity index (χ3n) is 3.85. The molecule has 5 nitrogen and oxygen atoms in total. The van der Waals surface area contributed by atoms with Crippen LogP contribution in [0.15, 0.2) is 42.7 Å². The molecule has 126 valence electrons. The standard InChI is InChI=1S/C18H24O5/c1-4-10-20-17-16-15(22-18(2,3)23-16)14(21-17)12-19-11-13-8-6-5-7-9-13/h4-10,14-17H,11-12H2,1-3H3/b10-4-/t14-,15-,16-,17-/m1/s1. The van der Waals surface area contributed by atoms with E-state index in [1.807, 2.05) is 57.2 Å². The van der Waals surface area contributed by atoms with Gasteiger partial charge in [0, 0.05) is 0 Å². The molecule has 4 atom stereocenters. The van der Waals surface area contributed by atoms with Crippen molar-refractivity contribution < 1.29 is 23.7 Å². The van der Waals surface area contributed by atoms with Crippen LogP contribution in [0.5, 0.6) is 0 Å². The van der Waals surface area contributed by atoms with Gasteiger partial charge in [-0.3, -0.25) is 0 Å². The van der Waals surface area contributed by atoms with Gasteiger partial charge >= 0.3 is 0 Å². The summed E-state index contributed by atoms with van der Waals surface area (Å²) in [6.07, 6.45) is 2.33. The Kier molecular flexibility index (Phi) is 5.02. The molecule has 0 bridgehead atoms. The summed E-state index contributed by atoms with van der Waals surface area (Å²) >= 11 is 0. The Morgan fingerprint density at radius 2 is 1.87 bits per heavy atom. The minimum Gasteiger partial charge on any atom is -0.470 e. The number of benzene rings is 1. The highest BCUT2D eigenvalue weighted by Crippen LogP contribution is 2.39. The van der Waals surface area contributed by atoms with Gasteiger partial charge in [0.1, 0.15) is 12.2 Å². The molecule has 23 heavy (non-hydrogen) atoms. The first-order valence-corrected chi connectivity index (χ1v) is 7.98. The van der Waals surface area contributed by atoms with E-state index in [4.69, 9.17) is 23.7 Å². The predicted molar refractivity (Wildman–Crippen MR) is 84.5 cm³/mol. The van der Waals surface area contributed by atoms with Crippen molar-refractivity contribution in [1.29, 1.82) is 0 Å². The Balaban J connectivity index is 1.58. The molecule has 0 aromatic heterocycles. The lowest BCUT2D eigenvalue weighted by Crippen LogP contribution is -2.32. The number of hydrogen-bond acceptors (Lipinski definition) is 5. The van der Waals surface area contributed by atoms with E-state index in [0.717, 1.165) is 5.56 Å². The number of allylic oxidation sites excluding steroid dienone is 1. The molecule has 0 spiro atoms. The van der Waals surface area contributed by atoms with Gasteiger partial charge < -0.3 is 23.7 Å². The average Bonchev–Trinajstić information content (AvgIpc) is 3.00. The second-order valence-electron chi connectivity index (χ2n) is 6.21. The van der Waals surface area contributed by atoms with Crippen molar-refractivity contribution in [3.63, 3.8) is 0 Å². The number of rotatable bonds is 6. The van der Waals surface area contributed by atoms with Gasteiger partial charge in [-0.15, -0.1) is 0 Å². The third kappa shape index (κ3) is 3.93. The maximum atomic E-state index is 5.97. The van der Waals surface area contributed by atoms with E-state index < -0.39 is 12.1 Å². The lowest BCUT2D eigenvalue weighted by molar-refractivity contribution is -0.226. The molecule has 1 aromatic carbocycles. The number of fused-ring (bicyclic) bond motifs is 1. The molecule has 0 aliphatic carbocycles. The van der Waals surface area contributed by atoms with Crippen molar-refractivity contribution in [3.05, 3.63) is 48.2 Å². The first-order valence-electron chi connectivity index (χ1n) is 7.98. The van der Waals surface area contributed by atoms with Crippen LogP contribution in [0.3, 0.4) is 0 Å². The van der Waals surface area contributed by atoms with Crippen LogP contribution in [0.2, 0.25) is 0 Å². The maximum Gasteiger partial charge on any atom is 0.228 e. The summed E-state index contributed by atoms with van der Waals surface area (Å²) < 4.78 is 29.2. The Labute approximate surface area is 137 Å². The fourth-order valence-electron chi connectivity index (χ4n) is 2.91. The van der Waals surface area contributed by atoms with Crippen molar-refractivity contribution in [3.8, 4) is 0 Å². The average molecular weight is 320 g/mol. The van der Waals surface area contributed by atoms with Gasteiger partial charge in [-0.2, -0.15) is 0 Å². The molecular formula is C18H24O5. The molecule has 1 aromatic rings. The van der Waals surface area contributed by atoms with E-state index in [1.54, 1.807) is 6.26 Å². The van der Waals surface area contributed by atoms with Gasteiger partial charge in [0.15, 0.2) is 11.9 Å². The van der Waals surface area contributed by atoms with E-state index in [1.165, 1.54) is 0 Å². The Morgan fingerprint density at radius 3 is 2.61 bits per heavy atom. The van der Waals surface area contributed by atoms with E-state index >= 15 is 0 Å². The zero-order chi connectivity index (χ0) is 16.3. The molecule has 0 N–H and O–H groups in total. The first kappa shape index (κ1) is 16.5. The largest absolute Gasteiger partial charge is 0.470 e. The maximum absolute atomic E-state index is 5.97. The predicted octanol–water partition coefficient (Wildman–Crippen LogP) is 3.00. The third-order valence-corrected chi connectivity index (χ3v) is 3.85. The highest BCUT2D eigenvalue weighted by atomic mass is 16.8. The second-order valence-corrected chi connectivity index (χ2v) is 6.21. The minimum absolute atomic E-state index is 0.184. The minimum atomic E-state index is -0.631. The SMILES string of the molecule is C/C=C\O[C@@H]1O[C@H](COCc2ccccc2)[C@H]2OC(C)(C)O[C@@H]12. The molecule has 0 unspecified atom stereocenters. The molecule has 2 aliphatic rings. The zero-order valence-electron chi connectivity index (χ0n) is 13.8. The molecule has 2 saturated heterocycles. The molecule has 2 heterocycles. The van der Waals surface area contributed by atoms with Gasteiger partial charge in [0.05, 0.1) is 19.5 Å². The van der Waals surface area contributed by atoms with Gasteiger partial charge in [-0.1, -0.05) is 36.4 Å². The normalized spacial score (nSPS) is 32.3. The van der Waals surface area contributed by atoms with Crippen LogP contribution in [0.25, 0.3) is 0 Å². The van der Waals surface area contributed by atoms with E-state index in [9.17, 15) is 0 Å². The summed E-state index contributed by atoms with van der Waals surface area (Å²) in [4.78, 5) is 0. The van der Waals surface area contributed by atoms with E-state index in [-0.39, 0.29) is 18.3 Å². The summed E-state index contributed by atoms with van der Waals surface area (Å²) in [6, 6.07) is 10.1. The van der Waals surface area contributed by atoms with Crippen LogP contribution in [-0.4, -0.2) is 37.0 Å². The van der Waals surface area contributed by atoms with Gasteiger partial charge in [0.2, 0.25) is 6.29 Å². The molecule has 0 radical (unpaired) electrons. The summed E-state index contributed by atoms with van der Waals surface area (Å²) in [6.45, 7) is 6.68. The molecule has 2 aliphatic heterocycles. The van der Waals surface area contributed by atoms with Crippen molar-refractivity contribution in [2.24, 2.45) is 0 Å². The van der Waals surface area contributed by atoms with Crippen LogP contribution < -0.4 is 0 Å². The van der Waals surface area contributed by atoms with Crippen LogP contribution in [0.1, 0.15) is 26.3 Å². The number of ether oxygens (including phenoxy) is 5. The Hall–Kier alpha value is -1.40. The van der Waals surface area contributed by atoms with Crippen molar-refractivity contribution in [1.82, 2.24) is 0 Å². The summed E-state index contributed by atoms with van der Waals surface area (Å²) in [5, 5.41) is 0. The van der Waals surface area contributed by atoms with Gasteiger partial charge in [-0.25, -0.2) is 0 Å². The van der Waals surface area contributed by atoms with Crippen LogP contribution in [0.4, 0.5) is 0 Å². The molecule has 5 heteroatoms. The Morgan fingerprint density at radius 1 is 1.13 bits per heavy atom. The van der Waals surface area contributed by atoms with Crippen molar-refractivity contribution in [2.45, 2.75) is 57.8 Å². The Bertz CT molecular complexity index is 527. The fourth-order valence-corrected chi connectivity index (χ4v) is 2.91. The summed E-state index contributed by atoms with van der Waals surface area (Å²) in [5.74, 6) is -0.631. The molecule has 2 fully saturated rings. The highest BCUT2D eigenvalue weighted by Gasteiger charge is 2.56. The van der Waals surface area contributed by atoms with Crippen LogP contribution >= 0.6 is 0 Å². The molecule has 0 amide bonds. The van der Waals surface area contributed by atoms with Crippen LogP contribution in [-0.2, 0) is 30.3 Å². The van der Waals surface area contributed by atoms with Crippen LogP contribution in [0, 0.1) is 0 Å². The summed E-state index contributed by atoms with van der Waals surface area (Å²) in [7, 11) is 0. The zero-order valence-corrected chi connectivity index (χ0v) is 13.8. The summed E-state index contributed by atoms with van der Waals surface area (Å²) in [5.41, 5.74) is 1.13. The lowest BCUT2D eigenvalue weighted by atomic mass is 10.1. The lowest BCUT2D eigenvalue weighted by Gasteiger charge is -2.23. The van der Waals surface area contributed by atoms with Crippen molar-refractivity contribution in [2.75, 3.05) is 6.61 Å². The molecule has 3 rings (SSSR count). The topological polar surface area (TPSA) is 46.2 Å². The quantitative estimate of drug-likeness (QED) is 0.754. The van der Waals surface area contributed by atoms with E-state index in [2.05, 4.69) is 0 Å². The number of hydrogen-bond donors (Lipinski definition) is 0. The highest BCUT2D eigenvalue weighted by molar-refractivity contribution is 5.13. The smallest absolute Gasteiger partial charge is 0.228 e. The molecular weight excluding hydrogens is 296 g/mol. The van der Waals surface area contributed by atoms with Gasteiger partial charge in [-0.05, 0) is 26.3 Å².